The van der Waals surface area contributed by atoms with Gasteiger partial charge in [-0.15, -0.1) is 0 Å². The van der Waals surface area contributed by atoms with Crippen molar-refractivity contribution >= 4 is 34.7 Å². The van der Waals surface area contributed by atoms with E-state index in [9.17, 15) is 14.7 Å². The van der Waals surface area contributed by atoms with E-state index < -0.39 is 17.7 Å². The number of carbonyl (C=O) groups is 2. The van der Waals surface area contributed by atoms with E-state index in [-0.39, 0.29) is 11.3 Å². The van der Waals surface area contributed by atoms with Crippen molar-refractivity contribution in [3.63, 3.8) is 0 Å². The van der Waals surface area contributed by atoms with Gasteiger partial charge in [-0.2, -0.15) is 0 Å². The maximum absolute atomic E-state index is 13.0. The molecule has 150 valence electrons. The van der Waals surface area contributed by atoms with Crippen LogP contribution in [0.25, 0.3) is 5.76 Å². The van der Waals surface area contributed by atoms with Crippen LogP contribution >= 0.6 is 11.6 Å². The van der Waals surface area contributed by atoms with Crippen LogP contribution in [0.3, 0.4) is 0 Å². The van der Waals surface area contributed by atoms with Crippen LogP contribution in [0.1, 0.15) is 17.2 Å². The quantitative estimate of drug-likeness (QED) is 0.368. The van der Waals surface area contributed by atoms with Gasteiger partial charge in [0.15, 0.2) is 0 Å². The fraction of sp³-hybridized carbons (Fsp3) is 0.0833. The SMILES string of the molecule is COc1ccc(N2C(=O)C(=O)/C(=C(/O)c3ccccc3)C2c2ccc(Cl)cc2)cc1. The van der Waals surface area contributed by atoms with E-state index in [1.807, 2.05) is 6.07 Å². The highest BCUT2D eigenvalue weighted by Gasteiger charge is 2.46. The molecule has 0 radical (unpaired) electrons. The minimum absolute atomic E-state index is 0.0318. The lowest BCUT2D eigenvalue weighted by Gasteiger charge is -2.25. The summed E-state index contributed by atoms with van der Waals surface area (Å²) in [5, 5.41) is 11.5. The zero-order valence-electron chi connectivity index (χ0n) is 16.1. The largest absolute Gasteiger partial charge is 0.507 e. The van der Waals surface area contributed by atoms with E-state index >= 15 is 0 Å². The molecule has 0 aliphatic carbocycles. The summed E-state index contributed by atoms with van der Waals surface area (Å²) in [5.41, 5.74) is 1.67. The normalized spacial score (nSPS) is 17.9. The van der Waals surface area contributed by atoms with Crippen LogP contribution in [-0.2, 0) is 9.59 Å². The van der Waals surface area contributed by atoms with Crippen LogP contribution in [0.15, 0.2) is 84.4 Å². The van der Waals surface area contributed by atoms with Gasteiger partial charge < -0.3 is 9.84 Å². The Hall–Kier alpha value is -3.57. The number of methoxy groups -OCH3 is 1. The van der Waals surface area contributed by atoms with Crippen molar-refractivity contribution in [1.29, 1.82) is 0 Å². The van der Waals surface area contributed by atoms with Gasteiger partial charge in [0.2, 0.25) is 0 Å². The van der Waals surface area contributed by atoms with Gasteiger partial charge in [-0.05, 0) is 42.0 Å². The molecule has 1 amide bonds. The highest BCUT2D eigenvalue weighted by molar-refractivity contribution is 6.51. The molecule has 0 aromatic heterocycles. The third kappa shape index (κ3) is 3.44. The minimum Gasteiger partial charge on any atom is -0.507 e. The highest BCUT2D eigenvalue weighted by Crippen LogP contribution is 2.42. The summed E-state index contributed by atoms with van der Waals surface area (Å²) in [6, 6.07) is 21.6. The van der Waals surface area contributed by atoms with Crippen molar-refractivity contribution in [2.24, 2.45) is 0 Å². The van der Waals surface area contributed by atoms with Crippen molar-refractivity contribution in [1.82, 2.24) is 0 Å². The number of aliphatic hydroxyl groups is 1. The Kier molecular flexibility index (Phi) is 5.29. The second kappa shape index (κ2) is 8.05. The number of nitrogens with zero attached hydrogens (tertiary/aromatic N) is 1. The zero-order valence-corrected chi connectivity index (χ0v) is 16.8. The first-order valence-electron chi connectivity index (χ1n) is 9.27. The number of Topliss-reactive ketones (excluding diaryl/α,β-unsaturated/α-hetero) is 1. The molecule has 5 nitrogen and oxygen atoms in total. The number of aliphatic hydroxyl groups excluding tert-OH is 1. The lowest BCUT2D eigenvalue weighted by Crippen LogP contribution is -2.29. The molecule has 0 spiro atoms. The molecule has 4 rings (SSSR count). The highest BCUT2D eigenvalue weighted by atomic mass is 35.5. The standard InChI is InChI=1S/C24H18ClNO4/c1-30-19-13-11-18(12-14-19)26-21(15-7-9-17(25)10-8-15)20(23(28)24(26)29)22(27)16-5-3-2-4-6-16/h2-14,21,27H,1H3/b22-20+. The van der Waals surface area contributed by atoms with Gasteiger partial charge in [0, 0.05) is 16.3 Å². The Morgan fingerprint density at radius 2 is 1.57 bits per heavy atom. The van der Waals surface area contributed by atoms with E-state index in [0.29, 0.717) is 27.6 Å². The number of benzene rings is 3. The Balaban J connectivity index is 1.92. The molecule has 3 aromatic carbocycles. The van der Waals surface area contributed by atoms with Gasteiger partial charge in [0.05, 0.1) is 18.7 Å². The molecule has 30 heavy (non-hydrogen) atoms. The second-order valence-corrected chi connectivity index (χ2v) is 7.22. The van der Waals surface area contributed by atoms with Crippen molar-refractivity contribution in [2.75, 3.05) is 12.0 Å². The average molecular weight is 420 g/mol. The van der Waals surface area contributed by atoms with Gasteiger partial charge in [-0.3, -0.25) is 14.5 Å². The molecule has 1 N–H and O–H groups in total. The van der Waals surface area contributed by atoms with Crippen LogP contribution in [0.2, 0.25) is 5.02 Å². The number of hydrogen-bond donors (Lipinski definition) is 1. The number of hydrogen-bond acceptors (Lipinski definition) is 4. The van der Waals surface area contributed by atoms with E-state index in [1.54, 1.807) is 79.9 Å². The molecular weight excluding hydrogens is 402 g/mol. The first kappa shape index (κ1) is 19.7. The Morgan fingerprint density at radius 3 is 2.17 bits per heavy atom. The number of halogens is 1. The lowest BCUT2D eigenvalue weighted by atomic mass is 9.95. The summed E-state index contributed by atoms with van der Waals surface area (Å²) in [6.07, 6.45) is 0. The van der Waals surface area contributed by atoms with Crippen LogP contribution in [-0.4, -0.2) is 23.9 Å². The number of amides is 1. The Morgan fingerprint density at radius 1 is 0.933 bits per heavy atom. The molecule has 0 bridgehead atoms. The van der Waals surface area contributed by atoms with Crippen molar-refractivity contribution in [2.45, 2.75) is 6.04 Å². The summed E-state index contributed by atoms with van der Waals surface area (Å²) < 4.78 is 5.19. The van der Waals surface area contributed by atoms with Crippen LogP contribution < -0.4 is 9.64 Å². The maximum atomic E-state index is 13.0. The predicted octanol–water partition coefficient (Wildman–Crippen LogP) is 4.97. The van der Waals surface area contributed by atoms with Crippen LogP contribution in [0.4, 0.5) is 5.69 Å². The van der Waals surface area contributed by atoms with Crippen molar-refractivity contribution in [3.8, 4) is 5.75 Å². The summed E-state index contributed by atoms with van der Waals surface area (Å²) in [4.78, 5) is 27.4. The van der Waals surface area contributed by atoms with Gasteiger partial charge >= 0.3 is 0 Å². The number of ether oxygens (including phenoxy) is 1. The molecular formula is C24H18ClNO4. The monoisotopic (exact) mass is 419 g/mol. The summed E-state index contributed by atoms with van der Waals surface area (Å²) in [6.45, 7) is 0. The molecule has 0 saturated carbocycles. The van der Waals surface area contributed by atoms with Crippen molar-refractivity contribution in [3.05, 3.63) is 101 Å². The second-order valence-electron chi connectivity index (χ2n) is 6.78. The fourth-order valence-electron chi connectivity index (χ4n) is 3.55. The van der Waals surface area contributed by atoms with Crippen LogP contribution in [0, 0.1) is 0 Å². The van der Waals surface area contributed by atoms with Gasteiger partial charge in [0.1, 0.15) is 11.5 Å². The molecule has 1 saturated heterocycles. The van der Waals surface area contributed by atoms with Crippen molar-refractivity contribution < 1.29 is 19.4 Å². The average Bonchev–Trinajstić information content (AvgIpc) is 3.05. The minimum atomic E-state index is -0.795. The first-order chi connectivity index (χ1) is 14.5. The topological polar surface area (TPSA) is 66.8 Å². The first-order valence-corrected chi connectivity index (χ1v) is 9.65. The van der Waals surface area contributed by atoms with Gasteiger partial charge in [0.25, 0.3) is 11.7 Å². The molecule has 1 atom stereocenters. The Bertz CT molecular complexity index is 1120. The maximum Gasteiger partial charge on any atom is 0.300 e. The molecule has 1 heterocycles. The van der Waals surface area contributed by atoms with E-state index in [0.717, 1.165) is 0 Å². The smallest absolute Gasteiger partial charge is 0.300 e. The predicted molar refractivity (Wildman–Crippen MR) is 116 cm³/mol. The zero-order chi connectivity index (χ0) is 21.3. The van der Waals surface area contributed by atoms with E-state index in [4.69, 9.17) is 16.3 Å². The summed E-state index contributed by atoms with van der Waals surface area (Å²) in [5.74, 6) is -1.04. The summed E-state index contributed by atoms with van der Waals surface area (Å²) >= 11 is 6.03. The molecule has 1 unspecified atom stereocenters. The van der Waals surface area contributed by atoms with E-state index in [1.165, 1.54) is 4.90 Å². The number of carbonyl (C=O) groups excluding carboxylic acids is 2. The van der Waals surface area contributed by atoms with Gasteiger partial charge in [-0.1, -0.05) is 54.1 Å². The molecule has 3 aromatic rings. The fourth-order valence-corrected chi connectivity index (χ4v) is 3.68. The Labute approximate surface area is 178 Å². The summed E-state index contributed by atoms with van der Waals surface area (Å²) in [7, 11) is 1.55. The number of rotatable bonds is 4. The van der Waals surface area contributed by atoms with Crippen LogP contribution in [0.5, 0.6) is 5.75 Å². The number of ketones is 1. The van der Waals surface area contributed by atoms with E-state index in [2.05, 4.69) is 0 Å². The third-order valence-electron chi connectivity index (χ3n) is 5.03. The lowest BCUT2D eigenvalue weighted by molar-refractivity contribution is -0.132. The molecule has 1 aliphatic heterocycles. The van der Waals surface area contributed by atoms with Gasteiger partial charge in [-0.25, -0.2) is 0 Å². The third-order valence-corrected chi connectivity index (χ3v) is 5.28. The molecule has 6 heteroatoms. The number of anilines is 1. The molecule has 1 aliphatic rings. The molecule has 1 fully saturated rings.